The van der Waals surface area contributed by atoms with E-state index in [9.17, 15) is 9.90 Å². The first kappa shape index (κ1) is 14.8. The molecule has 0 aliphatic rings. The molecule has 0 bridgehead atoms. The summed E-state index contributed by atoms with van der Waals surface area (Å²) in [5, 5.41) is 14.1. The standard InChI is InChI=1S/C18H16N2O3/c1-12-16(18(22)20(2)19-12)17(21)13-7-6-10-15(11-13)23-14-8-4-3-5-9-14/h3-11,22H,1-2H3. The second-order valence-corrected chi connectivity index (χ2v) is 5.18. The van der Waals surface area contributed by atoms with Gasteiger partial charge < -0.3 is 9.84 Å². The van der Waals surface area contributed by atoms with Crippen molar-refractivity contribution in [1.29, 1.82) is 0 Å². The number of ketones is 1. The van der Waals surface area contributed by atoms with Crippen LogP contribution in [0.4, 0.5) is 0 Å². The maximum Gasteiger partial charge on any atom is 0.220 e. The van der Waals surface area contributed by atoms with E-state index >= 15 is 0 Å². The molecule has 1 N–H and O–H groups in total. The lowest BCUT2D eigenvalue weighted by molar-refractivity contribution is 0.103. The molecule has 0 aliphatic heterocycles. The molecule has 0 fully saturated rings. The van der Waals surface area contributed by atoms with E-state index in [1.807, 2.05) is 30.3 Å². The lowest BCUT2D eigenvalue weighted by atomic mass is 10.0. The molecule has 0 radical (unpaired) electrons. The van der Waals surface area contributed by atoms with E-state index in [4.69, 9.17) is 4.74 Å². The summed E-state index contributed by atoms with van der Waals surface area (Å²) in [5.41, 5.74) is 1.14. The second-order valence-electron chi connectivity index (χ2n) is 5.18. The zero-order valence-electron chi connectivity index (χ0n) is 12.9. The SMILES string of the molecule is Cc1nn(C)c(O)c1C(=O)c1cccc(Oc2ccccc2)c1. The Kier molecular flexibility index (Phi) is 3.85. The van der Waals surface area contributed by atoms with Gasteiger partial charge in [0.2, 0.25) is 5.88 Å². The Balaban J connectivity index is 1.92. The van der Waals surface area contributed by atoms with E-state index in [1.54, 1.807) is 38.2 Å². The van der Waals surface area contributed by atoms with Crippen LogP contribution in [0.2, 0.25) is 0 Å². The number of aromatic nitrogens is 2. The van der Waals surface area contributed by atoms with Crippen molar-refractivity contribution in [2.24, 2.45) is 7.05 Å². The number of nitrogens with zero attached hydrogens (tertiary/aromatic N) is 2. The first-order chi connectivity index (χ1) is 11.1. The van der Waals surface area contributed by atoms with Crippen molar-refractivity contribution in [3.05, 3.63) is 71.4 Å². The number of ether oxygens (including phenoxy) is 1. The highest BCUT2D eigenvalue weighted by molar-refractivity contribution is 6.11. The zero-order chi connectivity index (χ0) is 16.4. The molecule has 0 atom stereocenters. The lowest BCUT2D eigenvalue weighted by Gasteiger charge is -2.07. The Morgan fingerprint density at radius 1 is 1.09 bits per heavy atom. The largest absolute Gasteiger partial charge is 0.493 e. The van der Waals surface area contributed by atoms with Crippen molar-refractivity contribution in [1.82, 2.24) is 9.78 Å². The molecule has 0 saturated carbocycles. The summed E-state index contributed by atoms with van der Waals surface area (Å²) in [4.78, 5) is 12.6. The number of rotatable bonds is 4. The number of para-hydroxylation sites is 1. The summed E-state index contributed by atoms with van der Waals surface area (Å²) in [6.07, 6.45) is 0. The van der Waals surface area contributed by atoms with Gasteiger partial charge in [-0.15, -0.1) is 0 Å². The van der Waals surface area contributed by atoms with Gasteiger partial charge in [-0.05, 0) is 31.2 Å². The molecular weight excluding hydrogens is 292 g/mol. The van der Waals surface area contributed by atoms with Crippen LogP contribution in [0.3, 0.4) is 0 Å². The second kappa shape index (κ2) is 5.96. The van der Waals surface area contributed by atoms with Gasteiger partial charge in [-0.3, -0.25) is 4.79 Å². The van der Waals surface area contributed by atoms with Crippen LogP contribution in [0.5, 0.6) is 17.4 Å². The summed E-state index contributed by atoms with van der Waals surface area (Å²) in [6.45, 7) is 1.69. The maximum atomic E-state index is 12.6. The summed E-state index contributed by atoms with van der Waals surface area (Å²) in [6, 6.07) is 16.2. The van der Waals surface area contributed by atoms with Crippen molar-refractivity contribution in [3.8, 4) is 17.4 Å². The Labute approximate surface area is 133 Å². The molecule has 0 saturated heterocycles. The van der Waals surface area contributed by atoms with Gasteiger partial charge in [0.1, 0.15) is 17.1 Å². The van der Waals surface area contributed by atoms with E-state index in [2.05, 4.69) is 5.10 Å². The minimum absolute atomic E-state index is 0.137. The van der Waals surface area contributed by atoms with E-state index in [-0.39, 0.29) is 17.2 Å². The van der Waals surface area contributed by atoms with Gasteiger partial charge in [0.05, 0.1) is 5.69 Å². The lowest BCUT2D eigenvalue weighted by Crippen LogP contribution is -2.02. The number of carbonyl (C=O) groups is 1. The van der Waals surface area contributed by atoms with Crippen LogP contribution in [0.15, 0.2) is 54.6 Å². The minimum Gasteiger partial charge on any atom is -0.493 e. The highest BCUT2D eigenvalue weighted by Crippen LogP contribution is 2.26. The fraction of sp³-hybridized carbons (Fsp3) is 0.111. The zero-order valence-corrected chi connectivity index (χ0v) is 12.9. The topological polar surface area (TPSA) is 64.3 Å². The third-order valence-corrected chi connectivity index (χ3v) is 3.49. The predicted octanol–water partition coefficient (Wildman–Crippen LogP) is 3.46. The van der Waals surface area contributed by atoms with Crippen LogP contribution < -0.4 is 4.74 Å². The van der Waals surface area contributed by atoms with Gasteiger partial charge in [-0.2, -0.15) is 5.10 Å². The van der Waals surface area contributed by atoms with Gasteiger partial charge in [-0.1, -0.05) is 30.3 Å². The third-order valence-electron chi connectivity index (χ3n) is 3.49. The minimum atomic E-state index is -0.286. The van der Waals surface area contributed by atoms with Crippen LogP contribution in [0.25, 0.3) is 0 Å². The number of aromatic hydroxyl groups is 1. The van der Waals surface area contributed by atoms with Crippen LogP contribution in [-0.2, 0) is 7.05 Å². The number of aryl methyl sites for hydroxylation is 2. The number of hydrogen-bond donors (Lipinski definition) is 1. The highest BCUT2D eigenvalue weighted by atomic mass is 16.5. The molecule has 0 spiro atoms. The van der Waals surface area contributed by atoms with Crippen LogP contribution in [0, 0.1) is 6.92 Å². The molecule has 0 aliphatic carbocycles. The van der Waals surface area contributed by atoms with Crippen LogP contribution in [-0.4, -0.2) is 20.7 Å². The van der Waals surface area contributed by atoms with Crippen molar-refractivity contribution >= 4 is 5.78 Å². The van der Waals surface area contributed by atoms with Gasteiger partial charge in [-0.25, -0.2) is 4.68 Å². The number of carbonyl (C=O) groups excluding carboxylic acids is 1. The fourth-order valence-corrected chi connectivity index (χ4v) is 2.38. The monoisotopic (exact) mass is 308 g/mol. The molecule has 3 aromatic rings. The molecular formula is C18H16N2O3. The predicted molar refractivity (Wildman–Crippen MR) is 86.0 cm³/mol. The van der Waals surface area contributed by atoms with E-state index < -0.39 is 0 Å². The van der Waals surface area contributed by atoms with Gasteiger partial charge >= 0.3 is 0 Å². The first-order valence-electron chi connectivity index (χ1n) is 7.16. The molecule has 5 heteroatoms. The summed E-state index contributed by atoms with van der Waals surface area (Å²) >= 11 is 0. The van der Waals surface area contributed by atoms with Crippen LogP contribution >= 0.6 is 0 Å². The van der Waals surface area contributed by atoms with E-state index in [0.717, 1.165) is 0 Å². The van der Waals surface area contributed by atoms with Gasteiger partial charge in [0, 0.05) is 12.6 Å². The van der Waals surface area contributed by atoms with Crippen molar-refractivity contribution in [3.63, 3.8) is 0 Å². The van der Waals surface area contributed by atoms with Crippen molar-refractivity contribution < 1.29 is 14.6 Å². The molecule has 1 heterocycles. The molecule has 23 heavy (non-hydrogen) atoms. The normalized spacial score (nSPS) is 10.5. The summed E-state index contributed by atoms with van der Waals surface area (Å²) < 4.78 is 7.02. The first-order valence-corrected chi connectivity index (χ1v) is 7.16. The maximum absolute atomic E-state index is 12.6. The Hall–Kier alpha value is -3.08. The third kappa shape index (κ3) is 2.94. The fourth-order valence-electron chi connectivity index (χ4n) is 2.38. The quantitative estimate of drug-likeness (QED) is 0.750. The Bertz CT molecular complexity index is 854. The van der Waals surface area contributed by atoms with Crippen molar-refractivity contribution in [2.75, 3.05) is 0 Å². The molecule has 1 aromatic heterocycles. The highest BCUT2D eigenvalue weighted by Gasteiger charge is 2.21. The molecule has 0 amide bonds. The van der Waals surface area contributed by atoms with Gasteiger partial charge in [0.25, 0.3) is 0 Å². The average molecular weight is 308 g/mol. The molecule has 2 aromatic carbocycles. The molecule has 5 nitrogen and oxygen atoms in total. The molecule has 3 rings (SSSR count). The summed E-state index contributed by atoms with van der Waals surface area (Å²) in [5.74, 6) is 0.828. The smallest absolute Gasteiger partial charge is 0.220 e. The molecule has 116 valence electrons. The molecule has 0 unspecified atom stereocenters. The van der Waals surface area contributed by atoms with E-state index in [1.165, 1.54) is 4.68 Å². The average Bonchev–Trinajstić information content (AvgIpc) is 2.80. The van der Waals surface area contributed by atoms with Gasteiger partial charge in [0.15, 0.2) is 5.78 Å². The van der Waals surface area contributed by atoms with E-state index in [0.29, 0.717) is 22.8 Å². The number of hydrogen-bond acceptors (Lipinski definition) is 4. The Morgan fingerprint density at radius 3 is 2.43 bits per heavy atom. The number of benzene rings is 2. The summed E-state index contributed by atoms with van der Waals surface area (Å²) in [7, 11) is 1.59. The van der Waals surface area contributed by atoms with Crippen LogP contribution in [0.1, 0.15) is 21.6 Å². The Morgan fingerprint density at radius 2 is 1.78 bits per heavy atom. The van der Waals surface area contributed by atoms with Crippen molar-refractivity contribution in [2.45, 2.75) is 6.92 Å².